The molecule has 0 aliphatic heterocycles. The molecular formula is C29H31F2N5O2. The number of nitrogens with zero attached hydrogens (tertiary/aromatic N) is 3. The Kier molecular flexibility index (Phi) is 8.81. The molecule has 7 nitrogen and oxygen atoms in total. The number of aryl methyl sites for hydroxylation is 3. The summed E-state index contributed by atoms with van der Waals surface area (Å²) in [6.45, 7) is 6.32. The van der Waals surface area contributed by atoms with Crippen molar-refractivity contribution in [2.75, 3.05) is 13.1 Å². The van der Waals surface area contributed by atoms with Crippen molar-refractivity contribution < 1.29 is 18.3 Å². The molecule has 1 atom stereocenters. The van der Waals surface area contributed by atoms with Gasteiger partial charge < -0.3 is 15.4 Å². The van der Waals surface area contributed by atoms with Gasteiger partial charge in [0.2, 0.25) is 0 Å². The largest absolute Gasteiger partial charge is 0.484 e. The molecule has 0 saturated carbocycles. The fourth-order valence-electron chi connectivity index (χ4n) is 4.05. The summed E-state index contributed by atoms with van der Waals surface area (Å²) in [6.07, 6.45) is 0.291. The summed E-state index contributed by atoms with van der Waals surface area (Å²) in [7, 11) is 0. The first-order chi connectivity index (χ1) is 18.3. The maximum Gasteiger partial charge on any atom is 0.273 e. The Morgan fingerprint density at radius 2 is 1.74 bits per heavy atom. The lowest BCUT2D eigenvalue weighted by molar-refractivity contribution is 0.0919. The van der Waals surface area contributed by atoms with Gasteiger partial charge in [0, 0.05) is 19.2 Å². The van der Waals surface area contributed by atoms with Gasteiger partial charge in [-0.25, -0.2) is 8.78 Å². The number of hydrogen-bond donors (Lipinski definition) is 2. The lowest BCUT2D eigenvalue weighted by atomic mass is 10.1. The fraction of sp³-hybridized carbons (Fsp3) is 0.276. The van der Waals surface area contributed by atoms with E-state index in [2.05, 4.69) is 39.9 Å². The van der Waals surface area contributed by atoms with Crippen LogP contribution in [0.3, 0.4) is 0 Å². The zero-order valence-electron chi connectivity index (χ0n) is 21.7. The molecule has 0 spiro atoms. The molecule has 1 amide bonds. The lowest BCUT2D eigenvalue weighted by Crippen LogP contribution is -2.42. The van der Waals surface area contributed by atoms with Crippen LogP contribution in [0, 0.1) is 25.5 Å². The number of benzene rings is 3. The van der Waals surface area contributed by atoms with Crippen molar-refractivity contribution in [2.24, 2.45) is 0 Å². The molecule has 3 aromatic carbocycles. The summed E-state index contributed by atoms with van der Waals surface area (Å²) >= 11 is 0. The molecule has 198 valence electrons. The monoisotopic (exact) mass is 519 g/mol. The third-order valence-electron chi connectivity index (χ3n) is 6.05. The Bertz CT molecular complexity index is 1370. The second-order valence-corrected chi connectivity index (χ2v) is 9.05. The SMILES string of the molecule is CCc1cccc(CNC[C@H](CNC(=O)c2nn(-c3ccccc3)nc2C)Oc2c(C)cc(F)cc2F)c1. The van der Waals surface area contributed by atoms with Gasteiger partial charge in [0.25, 0.3) is 5.91 Å². The highest BCUT2D eigenvalue weighted by Crippen LogP contribution is 2.24. The summed E-state index contributed by atoms with van der Waals surface area (Å²) in [5.74, 6) is -1.95. The number of halogens is 2. The Morgan fingerprint density at radius 1 is 0.974 bits per heavy atom. The van der Waals surface area contributed by atoms with Crippen LogP contribution in [-0.2, 0) is 13.0 Å². The second kappa shape index (κ2) is 12.4. The van der Waals surface area contributed by atoms with Crippen molar-refractivity contribution in [1.82, 2.24) is 25.6 Å². The van der Waals surface area contributed by atoms with E-state index in [0.717, 1.165) is 23.7 Å². The topological polar surface area (TPSA) is 81.1 Å². The van der Waals surface area contributed by atoms with E-state index in [1.807, 2.05) is 42.5 Å². The number of ether oxygens (including phenoxy) is 1. The van der Waals surface area contributed by atoms with E-state index in [9.17, 15) is 13.6 Å². The number of nitrogens with one attached hydrogen (secondary N) is 2. The number of carbonyl (C=O) groups excluding carboxylic acids is 1. The number of aromatic nitrogens is 3. The van der Waals surface area contributed by atoms with Gasteiger partial charge in [-0.1, -0.05) is 49.4 Å². The summed E-state index contributed by atoms with van der Waals surface area (Å²) in [5.41, 5.74) is 4.04. The molecule has 0 aliphatic carbocycles. The van der Waals surface area contributed by atoms with Gasteiger partial charge in [0.1, 0.15) is 11.9 Å². The number of carbonyl (C=O) groups is 1. The number of hydrogen-bond acceptors (Lipinski definition) is 5. The second-order valence-electron chi connectivity index (χ2n) is 9.05. The maximum absolute atomic E-state index is 14.5. The van der Waals surface area contributed by atoms with Crippen molar-refractivity contribution in [3.05, 3.63) is 106 Å². The molecule has 0 aliphatic rings. The molecule has 4 rings (SSSR count). The number of amides is 1. The molecule has 2 N–H and O–H groups in total. The zero-order chi connectivity index (χ0) is 27.1. The molecule has 0 radical (unpaired) electrons. The third-order valence-corrected chi connectivity index (χ3v) is 6.05. The van der Waals surface area contributed by atoms with Gasteiger partial charge in [-0.3, -0.25) is 4.79 Å². The van der Waals surface area contributed by atoms with Crippen LogP contribution in [0.5, 0.6) is 5.75 Å². The van der Waals surface area contributed by atoms with Gasteiger partial charge in [0.05, 0.1) is 17.9 Å². The standard InChI is InChI=1S/C29H31F2N5O2/c1-4-21-9-8-10-22(14-21)16-32-17-25(38-28-19(2)13-23(30)15-26(28)31)18-33-29(37)27-20(3)34-36(35-27)24-11-6-5-7-12-24/h5-15,25,32H,4,16-18H2,1-3H3,(H,33,37)/t25-/m1/s1. The maximum atomic E-state index is 14.5. The van der Waals surface area contributed by atoms with Gasteiger partial charge >= 0.3 is 0 Å². The quantitative estimate of drug-likeness (QED) is 0.301. The van der Waals surface area contributed by atoms with E-state index in [1.165, 1.54) is 16.4 Å². The summed E-state index contributed by atoms with van der Waals surface area (Å²) < 4.78 is 34.1. The van der Waals surface area contributed by atoms with E-state index >= 15 is 0 Å². The van der Waals surface area contributed by atoms with Crippen molar-refractivity contribution in [3.63, 3.8) is 0 Å². The minimum Gasteiger partial charge on any atom is -0.484 e. The van der Waals surface area contributed by atoms with Crippen LogP contribution in [0.25, 0.3) is 5.69 Å². The van der Waals surface area contributed by atoms with Gasteiger partial charge in [-0.2, -0.15) is 9.90 Å². The minimum absolute atomic E-state index is 0.0494. The predicted octanol–water partition coefficient (Wildman–Crippen LogP) is 4.69. The molecule has 0 fully saturated rings. The summed E-state index contributed by atoms with van der Waals surface area (Å²) in [4.78, 5) is 14.4. The molecule has 0 saturated heterocycles. The Hall–Kier alpha value is -4.11. The zero-order valence-corrected chi connectivity index (χ0v) is 21.7. The normalized spacial score (nSPS) is 11.8. The average molecular weight is 520 g/mol. The predicted molar refractivity (Wildman–Crippen MR) is 141 cm³/mol. The van der Waals surface area contributed by atoms with E-state index in [-0.39, 0.29) is 18.0 Å². The fourth-order valence-corrected chi connectivity index (χ4v) is 4.05. The van der Waals surface area contributed by atoms with Crippen LogP contribution < -0.4 is 15.4 Å². The van der Waals surface area contributed by atoms with E-state index in [0.29, 0.717) is 24.3 Å². The van der Waals surface area contributed by atoms with Crippen LogP contribution in [-0.4, -0.2) is 40.1 Å². The molecule has 38 heavy (non-hydrogen) atoms. The highest BCUT2D eigenvalue weighted by Gasteiger charge is 2.21. The van der Waals surface area contributed by atoms with Crippen molar-refractivity contribution in [1.29, 1.82) is 0 Å². The minimum atomic E-state index is -0.795. The van der Waals surface area contributed by atoms with Gasteiger partial charge in [0.15, 0.2) is 17.3 Å². The smallest absolute Gasteiger partial charge is 0.273 e. The Balaban J connectivity index is 1.46. The average Bonchev–Trinajstić information content (AvgIpc) is 3.31. The summed E-state index contributed by atoms with van der Waals surface area (Å²) in [5, 5.41) is 14.8. The number of para-hydroxylation sites is 1. The highest BCUT2D eigenvalue weighted by atomic mass is 19.1. The molecule has 9 heteroatoms. The lowest BCUT2D eigenvalue weighted by Gasteiger charge is -2.22. The first kappa shape index (κ1) is 26.9. The Morgan fingerprint density at radius 3 is 2.47 bits per heavy atom. The van der Waals surface area contributed by atoms with Crippen molar-refractivity contribution in [3.8, 4) is 11.4 Å². The van der Waals surface area contributed by atoms with Crippen LogP contribution in [0.4, 0.5) is 8.78 Å². The first-order valence-electron chi connectivity index (χ1n) is 12.5. The first-order valence-corrected chi connectivity index (χ1v) is 12.5. The molecule has 1 aromatic heterocycles. The van der Waals surface area contributed by atoms with Gasteiger partial charge in [-0.05, 0) is 55.2 Å². The van der Waals surface area contributed by atoms with Crippen molar-refractivity contribution >= 4 is 5.91 Å². The van der Waals surface area contributed by atoms with E-state index in [4.69, 9.17) is 4.74 Å². The molecule has 0 bridgehead atoms. The molecule has 1 heterocycles. The van der Waals surface area contributed by atoms with E-state index < -0.39 is 23.6 Å². The van der Waals surface area contributed by atoms with Crippen LogP contribution in [0.15, 0.2) is 66.7 Å². The van der Waals surface area contributed by atoms with E-state index in [1.54, 1.807) is 13.8 Å². The summed E-state index contributed by atoms with van der Waals surface area (Å²) in [6, 6.07) is 19.5. The third kappa shape index (κ3) is 6.80. The molecule has 0 unspecified atom stereocenters. The Labute approximate surface area is 220 Å². The number of rotatable bonds is 11. The van der Waals surface area contributed by atoms with Crippen LogP contribution >= 0.6 is 0 Å². The van der Waals surface area contributed by atoms with Gasteiger partial charge in [-0.15, -0.1) is 5.10 Å². The van der Waals surface area contributed by atoms with Crippen molar-refractivity contribution in [2.45, 2.75) is 39.8 Å². The molecule has 4 aromatic rings. The molecular weight excluding hydrogens is 488 g/mol. The highest BCUT2D eigenvalue weighted by molar-refractivity contribution is 5.93. The van der Waals surface area contributed by atoms with Crippen LogP contribution in [0.2, 0.25) is 0 Å². The van der Waals surface area contributed by atoms with Crippen LogP contribution in [0.1, 0.15) is 39.8 Å².